The third-order valence-corrected chi connectivity index (χ3v) is 4.45. The number of ether oxygens (including phenoxy) is 2. The van der Waals surface area contributed by atoms with Crippen molar-refractivity contribution < 1.29 is 19.1 Å². The maximum atomic E-state index is 12.3. The number of benzene rings is 2. The van der Waals surface area contributed by atoms with Crippen molar-refractivity contribution >= 4 is 23.9 Å². The number of carbonyl (C=O) groups is 2. The molecule has 2 aromatic rings. The van der Waals surface area contributed by atoms with Gasteiger partial charge in [0.15, 0.2) is 11.5 Å². The molecule has 2 N–H and O–H groups in total. The van der Waals surface area contributed by atoms with Gasteiger partial charge in [-0.3, -0.25) is 9.59 Å². The van der Waals surface area contributed by atoms with Gasteiger partial charge in [0.2, 0.25) is 12.3 Å². The molecular weight excluding hydrogens is 380 g/mol. The van der Waals surface area contributed by atoms with Gasteiger partial charge in [0.25, 0.3) is 0 Å². The topological polar surface area (TPSA) is 76.7 Å². The minimum absolute atomic E-state index is 0.00385. The molecule has 6 nitrogen and oxygen atoms in total. The monoisotopic (exact) mass is 404 g/mol. The smallest absolute Gasteiger partial charge is 0.242 e. The second-order valence-electron chi connectivity index (χ2n) is 6.55. The Kier molecular flexibility index (Phi) is 8.14. The van der Waals surface area contributed by atoms with Gasteiger partial charge in [0.05, 0.1) is 7.11 Å². The van der Waals surface area contributed by atoms with Gasteiger partial charge in [-0.05, 0) is 48.2 Å². The minimum Gasteiger partial charge on any atom is -0.493 e. The molecule has 1 atom stereocenters. The van der Waals surface area contributed by atoms with Crippen molar-refractivity contribution in [2.75, 3.05) is 13.7 Å². The average molecular weight is 405 g/mol. The Morgan fingerprint density at radius 2 is 1.89 bits per heavy atom. The molecule has 0 aliphatic rings. The van der Waals surface area contributed by atoms with E-state index in [9.17, 15) is 9.59 Å². The fourth-order valence-electron chi connectivity index (χ4n) is 2.77. The third kappa shape index (κ3) is 5.89. The van der Waals surface area contributed by atoms with Gasteiger partial charge in [0.1, 0.15) is 11.8 Å². The summed E-state index contributed by atoms with van der Waals surface area (Å²) in [6.45, 7) is 4.16. The van der Waals surface area contributed by atoms with Gasteiger partial charge in [0, 0.05) is 11.6 Å². The van der Waals surface area contributed by atoms with Gasteiger partial charge < -0.3 is 20.1 Å². The predicted molar refractivity (Wildman–Crippen MR) is 109 cm³/mol. The molecule has 0 bridgehead atoms. The van der Waals surface area contributed by atoms with Crippen LogP contribution < -0.4 is 20.1 Å². The number of methoxy groups -OCH3 is 1. The van der Waals surface area contributed by atoms with Crippen LogP contribution in [0.25, 0.3) is 0 Å². The summed E-state index contributed by atoms with van der Waals surface area (Å²) in [5.74, 6) is 1.62. The molecule has 0 heterocycles. The van der Waals surface area contributed by atoms with Crippen LogP contribution in [-0.4, -0.2) is 32.0 Å². The summed E-state index contributed by atoms with van der Waals surface area (Å²) < 4.78 is 11.4. The van der Waals surface area contributed by atoms with Crippen molar-refractivity contribution in [2.45, 2.75) is 26.3 Å². The fraction of sp³-hybridized carbons (Fsp3) is 0.333. The van der Waals surface area contributed by atoms with Crippen LogP contribution >= 0.6 is 11.6 Å². The van der Waals surface area contributed by atoms with Gasteiger partial charge in [-0.15, -0.1) is 0 Å². The number of hydrogen-bond donors (Lipinski definition) is 2. The Balaban J connectivity index is 2.04. The summed E-state index contributed by atoms with van der Waals surface area (Å²) in [6.07, 6.45) is 1.10. The van der Waals surface area contributed by atoms with Crippen molar-refractivity contribution in [3.05, 3.63) is 53.1 Å². The Morgan fingerprint density at radius 3 is 2.50 bits per heavy atom. The molecule has 0 fully saturated rings. The van der Waals surface area contributed by atoms with Crippen LogP contribution in [-0.2, 0) is 16.0 Å². The first-order valence-corrected chi connectivity index (χ1v) is 9.40. The summed E-state index contributed by atoms with van der Waals surface area (Å²) >= 11 is 5.90. The van der Waals surface area contributed by atoms with Crippen LogP contribution in [0, 0.1) is 5.92 Å². The first-order valence-electron chi connectivity index (χ1n) is 9.03. The number of carbonyl (C=O) groups excluding carboxylic acids is 2. The molecular formula is C21H25ClN2O4. The van der Waals surface area contributed by atoms with Crippen LogP contribution in [0.4, 0.5) is 0 Å². The predicted octanol–water partition coefficient (Wildman–Crippen LogP) is 3.57. The maximum Gasteiger partial charge on any atom is 0.242 e. The van der Waals surface area contributed by atoms with Crippen LogP contribution in [0.3, 0.4) is 0 Å². The lowest BCUT2D eigenvalue weighted by Crippen LogP contribution is -2.47. The van der Waals surface area contributed by atoms with Crippen LogP contribution in [0.15, 0.2) is 42.5 Å². The minimum atomic E-state index is -0.557. The van der Waals surface area contributed by atoms with E-state index >= 15 is 0 Å². The van der Waals surface area contributed by atoms with E-state index in [4.69, 9.17) is 21.1 Å². The van der Waals surface area contributed by atoms with Crippen molar-refractivity contribution in [3.63, 3.8) is 0 Å². The molecule has 150 valence electrons. The van der Waals surface area contributed by atoms with Gasteiger partial charge in [-0.1, -0.05) is 37.6 Å². The van der Waals surface area contributed by atoms with E-state index in [1.807, 2.05) is 32.0 Å². The highest BCUT2D eigenvalue weighted by Crippen LogP contribution is 2.35. The first-order chi connectivity index (χ1) is 13.5. The molecule has 0 aromatic heterocycles. The van der Waals surface area contributed by atoms with Crippen LogP contribution in [0.2, 0.25) is 5.02 Å². The molecule has 0 saturated heterocycles. The lowest BCUT2D eigenvalue weighted by atomic mass is 10.0. The maximum absolute atomic E-state index is 12.3. The molecule has 2 aromatic carbocycles. The SMILES string of the molecule is COc1c(CCNC(=O)[C@@H](NC=O)C(C)C)cccc1Oc1ccc(Cl)cc1. The summed E-state index contributed by atoms with van der Waals surface area (Å²) in [5.41, 5.74) is 0.902. The number of rotatable bonds is 10. The highest BCUT2D eigenvalue weighted by Gasteiger charge is 2.21. The summed E-state index contributed by atoms with van der Waals surface area (Å²) in [4.78, 5) is 22.9. The molecule has 7 heteroatoms. The lowest BCUT2D eigenvalue weighted by molar-refractivity contribution is -0.126. The van der Waals surface area contributed by atoms with E-state index in [2.05, 4.69) is 10.6 Å². The molecule has 0 saturated carbocycles. The number of nitrogens with one attached hydrogen (secondary N) is 2. The van der Waals surface area contributed by atoms with Gasteiger partial charge in [-0.2, -0.15) is 0 Å². The zero-order chi connectivity index (χ0) is 20.5. The molecule has 0 radical (unpaired) electrons. The normalized spacial score (nSPS) is 11.6. The molecule has 0 spiro atoms. The summed E-state index contributed by atoms with van der Waals surface area (Å²) in [5, 5.41) is 6.03. The van der Waals surface area contributed by atoms with E-state index in [0.29, 0.717) is 41.6 Å². The average Bonchev–Trinajstić information content (AvgIpc) is 2.67. The summed E-state index contributed by atoms with van der Waals surface area (Å²) in [6, 6.07) is 12.1. The summed E-state index contributed by atoms with van der Waals surface area (Å²) in [7, 11) is 1.58. The number of para-hydroxylation sites is 1. The zero-order valence-electron chi connectivity index (χ0n) is 16.2. The van der Waals surface area contributed by atoms with E-state index < -0.39 is 6.04 Å². The van der Waals surface area contributed by atoms with Crippen LogP contribution in [0.1, 0.15) is 19.4 Å². The molecule has 0 aliphatic heterocycles. The van der Waals surface area contributed by atoms with Crippen molar-refractivity contribution in [2.24, 2.45) is 5.92 Å². The highest BCUT2D eigenvalue weighted by atomic mass is 35.5. The van der Waals surface area contributed by atoms with Crippen molar-refractivity contribution in [1.29, 1.82) is 0 Å². The van der Waals surface area contributed by atoms with Gasteiger partial charge in [-0.25, -0.2) is 0 Å². The number of amides is 2. The van der Waals surface area contributed by atoms with E-state index in [1.165, 1.54) is 0 Å². The molecule has 0 unspecified atom stereocenters. The van der Waals surface area contributed by atoms with E-state index in [-0.39, 0.29) is 11.8 Å². The van der Waals surface area contributed by atoms with E-state index in [0.717, 1.165) is 5.56 Å². The third-order valence-electron chi connectivity index (χ3n) is 4.20. The van der Waals surface area contributed by atoms with Crippen LogP contribution in [0.5, 0.6) is 17.2 Å². The quantitative estimate of drug-likeness (QED) is 0.593. The zero-order valence-corrected chi connectivity index (χ0v) is 17.0. The lowest BCUT2D eigenvalue weighted by Gasteiger charge is -2.19. The number of hydrogen-bond acceptors (Lipinski definition) is 4. The Morgan fingerprint density at radius 1 is 1.18 bits per heavy atom. The van der Waals surface area contributed by atoms with E-state index in [1.54, 1.807) is 31.4 Å². The second-order valence-corrected chi connectivity index (χ2v) is 6.99. The van der Waals surface area contributed by atoms with Crippen molar-refractivity contribution in [3.8, 4) is 17.2 Å². The Hall–Kier alpha value is -2.73. The molecule has 28 heavy (non-hydrogen) atoms. The second kappa shape index (κ2) is 10.6. The van der Waals surface area contributed by atoms with Gasteiger partial charge >= 0.3 is 0 Å². The Labute approximate surface area is 170 Å². The molecule has 0 aliphatic carbocycles. The molecule has 2 rings (SSSR count). The number of halogens is 1. The molecule has 2 amide bonds. The highest BCUT2D eigenvalue weighted by molar-refractivity contribution is 6.30. The Bertz CT molecular complexity index is 793. The fourth-order valence-corrected chi connectivity index (χ4v) is 2.90. The van der Waals surface area contributed by atoms with Crippen molar-refractivity contribution in [1.82, 2.24) is 10.6 Å². The largest absolute Gasteiger partial charge is 0.493 e. The standard InChI is InChI=1S/C21H25ClN2O4/c1-14(2)19(24-13-25)21(26)23-12-11-15-5-4-6-18(20(15)27-3)28-17-9-7-16(22)8-10-17/h4-10,13-14,19H,11-12H2,1-3H3,(H,23,26)(H,24,25)/t19-/m0/s1. The first kappa shape index (κ1) is 21.6.